The van der Waals surface area contributed by atoms with Crippen molar-refractivity contribution >= 4 is 40.8 Å². The van der Waals surface area contributed by atoms with E-state index in [4.69, 9.17) is 4.74 Å². The van der Waals surface area contributed by atoms with E-state index in [2.05, 4.69) is 15.5 Å². The Labute approximate surface area is 186 Å². The molecule has 9 heteroatoms. The van der Waals surface area contributed by atoms with Crippen LogP contribution in [0.3, 0.4) is 0 Å². The van der Waals surface area contributed by atoms with Crippen LogP contribution in [0.2, 0.25) is 0 Å². The molecule has 2 aromatic carbocycles. The molecule has 1 aromatic heterocycles. The van der Waals surface area contributed by atoms with Crippen LogP contribution in [-0.2, 0) is 10.5 Å². The van der Waals surface area contributed by atoms with Crippen LogP contribution in [0.25, 0.3) is 0 Å². The van der Waals surface area contributed by atoms with Crippen molar-refractivity contribution in [3.8, 4) is 5.75 Å². The van der Waals surface area contributed by atoms with Gasteiger partial charge in [0.05, 0.1) is 7.11 Å². The van der Waals surface area contributed by atoms with Gasteiger partial charge in [-0.1, -0.05) is 59.1 Å². The number of carbonyl (C=O) groups is 1. The zero-order valence-corrected chi connectivity index (χ0v) is 18.7. The van der Waals surface area contributed by atoms with Crippen molar-refractivity contribution in [2.75, 3.05) is 7.11 Å². The number of nitrogens with zero attached hydrogens (tertiary/aromatic N) is 2. The van der Waals surface area contributed by atoms with Crippen LogP contribution in [0.1, 0.15) is 29.2 Å². The molecule has 1 atom stereocenters. The summed E-state index contributed by atoms with van der Waals surface area (Å²) in [4.78, 5) is 12.8. The van der Waals surface area contributed by atoms with Gasteiger partial charge in [0.25, 0.3) is 0 Å². The highest BCUT2D eigenvalue weighted by molar-refractivity contribution is 8.03. The summed E-state index contributed by atoms with van der Waals surface area (Å²) < 4.78 is 20.1. The molecule has 1 aliphatic rings. The van der Waals surface area contributed by atoms with Gasteiger partial charge in [-0.25, -0.2) is 4.39 Å². The Morgan fingerprint density at radius 2 is 1.87 bits per heavy atom. The van der Waals surface area contributed by atoms with E-state index < -0.39 is 5.25 Å². The lowest BCUT2D eigenvalue weighted by Gasteiger charge is -2.15. The lowest BCUT2D eigenvalue weighted by molar-refractivity contribution is -0.120. The number of rotatable bonds is 9. The molecule has 0 radical (unpaired) electrons. The fraction of sp³-hybridized carbons (Fsp3) is 0.286. The lowest BCUT2D eigenvalue weighted by atomic mass is 10.1. The highest BCUT2D eigenvalue weighted by Gasteiger charge is 2.30. The highest BCUT2D eigenvalue weighted by Crippen LogP contribution is 2.40. The molecule has 1 saturated carbocycles. The Morgan fingerprint density at radius 3 is 2.53 bits per heavy atom. The predicted molar refractivity (Wildman–Crippen MR) is 119 cm³/mol. The van der Waals surface area contributed by atoms with Crippen molar-refractivity contribution in [3.05, 3.63) is 65.5 Å². The molecule has 1 N–H and O–H groups in total. The average molecular weight is 462 g/mol. The Bertz CT molecular complexity index is 991. The van der Waals surface area contributed by atoms with E-state index in [1.165, 1.54) is 40.8 Å². The molecule has 0 aliphatic heterocycles. The van der Waals surface area contributed by atoms with Crippen LogP contribution < -0.4 is 10.1 Å². The second kappa shape index (κ2) is 9.80. The summed E-state index contributed by atoms with van der Waals surface area (Å²) in [6, 6.07) is 14.2. The fourth-order valence-corrected chi connectivity index (χ4v) is 5.86. The molecule has 1 fully saturated rings. The molecule has 0 spiro atoms. The molecule has 0 bridgehead atoms. The maximum atomic E-state index is 13.3. The van der Waals surface area contributed by atoms with Gasteiger partial charge in [-0.15, -0.1) is 10.2 Å². The minimum absolute atomic E-state index is 0.0725. The molecular weight excluding hydrogens is 441 g/mol. The van der Waals surface area contributed by atoms with Crippen LogP contribution in [0.15, 0.2) is 57.2 Å². The standard InChI is InChI=1S/C21H20FN3O2S3/c1-27-17-10-2-13(3-11-17)12-28-20-24-25-21(30-20)29-18(19(26)23-16-8-9-16)14-4-6-15(22)7-5-14/h2-7,10-11,16,18H,8-9,12H2,1H3,(H,23,26)/t18-/m1/s1. The SMILES string of the molecule is COc1ccc(CSc2nnc(S[C@@H](C(=O)NC3CC3)c3ccc(F)cc3)s2)cc1. The molecule has 0 saturated heterocycles. The second-order valence-electron chi connectivity index (χ2n) is 6.80. The summed E-state index contributed by atoms with van der Waals surface area (Å²) in [6.45, 7) is 0. The molecular formula is C21H20FN3O2S3. The quantitative estimate of drug-likeness (QED) is 0.448. The van der Waals surface area contributed by atoms with E-state index in [9.17, 15) is 9.18 Å². The average Bonchev–Trinajstić information content (AvgIpc) is 3.46. The zero-order chi connectivity index (χ0) is 20.9. The fourth-order valence-electron chi connectivity index (χ4n) is 2.69. The summed E-state index contributed by atoms with van der Waals surface area (Å²) in [6.07, 6.45) is 2.02. The highest BCUT2D eigenvalue weighted by atomic mass is 32.2. The molecule has 30 heavy (non-hydrogen) atoms. The number of hydrogen-bond donors (Lipinski definition) is 1. The van der Waals surface area contributed by atoms with Crippen molar-refractivity contribution in [2.45, 2.75) is 38.6 Å². The van der Waals surface area contributed by atoms with E-state index in [1.807, 2.05) is 24.3 Å². The minimum atomic E-state index is -0.487. The van der Waals surface area contributed by atoms with Crippen LogP contribution in [0, 0.1) is 5.82 Å². The first-order chi connectivity index (χ1) is 14.6. The number of thioether (sulfide) groups is 2. The van der Waals surface area contributed by atoms with Crippen LogP contribution in [0.4, 0.5) is 4.39 Å². The summed E-state index contributed by atoms with van der Waals surface area (Å²) in [5, 5.41) is 11.1. The van der Waals surface area contributed by atoms with Crippen molar-refractivity contribution in [3.63, 3.8) is 0 Å². The summed E-state index contributed by atoms with van der Waals surface area (Å²) in [7, 11) is 1.65. The van der Waals surface area contributed by atoms with Gasteiger partial charge in [0.15, 0.2) is 8.68 Å². The Kier molecular flexibility index (Phi) is 6.91. The van der Waals surface area contributed by atoms with Crippen LogP contribution in [0.5, 0.6) is 5.75 Å². The molecule has 1 amide bonds. The number of benzene rings is 2. The van der Waals surface area contributed by atoms with E-state index in [-0.39, 0.29) is 17.8 Å². The van der Waals surface area contributed by atoms with Crippen molar-refractivity contribution < 1.29 is 13.9 Å². The molecule has 156 valence electrons. The number of hydrogen-bond acceptors (Lipinski definition) is 7. The molecule has 1 aliphatic carbocycles. The topological polar surface area (TPSA) is 64.1 Å². The second-order valence-corrected chi connectivity index (χ2v) is 10.4. The van der Waals surface area contributed by atoms with Crippen LogP contribution in [-0.4, -0.2) is 29.3 Å². The number of carbonyl (C=O) groups excluding carboxylic acids is 1. The lowest BCUT2D eigenvalue weighted by Crippen LogP contribution is -2.29. The Balaban J connectivity index is 1.41. The van der Waals surface area contributed by atoms with Crippen molar-refractivity contribution in [1.29, 1.82) is 0 Å². The first-order valence-electron chi connectivity index (χ1n) is 9.42. The van der Waals surface area contributed by atoms with Crippen molar-refractivity contribution in [2.24, 2.45) is 0 Å². The zero-order valence-electron chi connectivity index (χ0n) is 16.2. The molecule has 5 nitrogen and oxygen atoms in total. The Morgan fingerprint density at radius 1 is 1.17 bits per heavy atom. The monoisotopic (exact) mass is 461 g/mol. The normalized spacial score (nSPS) is 14.3. The molecule has 4 rings (SSSR count). The molecule has 1 heterocycles. The van der Waals surface area contributed by atoms with E-state index in [0.717, 1.165) is 34.2 Å². The van der Waals surface area contributed by atoms with Gasteiger partial charge in [-0.2, -0.15) is 0 Å². The summed E-state index contributed by atoms with van der Waals surface area (Å²) >= 11 is 4.42. The summed E-state index contributed by atoms with van der Waals surface area (Å²) in [5.41, 5.74) is 1.92. The largest absolute Gasteiger partial charge is 0.497 e. The number of ether oxygens (including phenoxy) is 1. The predicted octanol–water partition coefficient (Wildman–Crippen LogP) is 5.09. The van der Waals surface area contributed by atoms with Gasteiger partial charge in [0.1, 0.15) is 16.8 Å². The van der Waals surface area contributed by atoms with E-state index in [1.54, 1.807) is 31.0 Å². The minimum Gasteiger partial charge on any atom is -0.497 e. The van der Waals surface area contributed by atoms with Gasteiger partial charge in [0, 0.05) is 11.8 Å². The van der Waals surface area contributed by atoms with Gasteiger partial charge >= 0.3 is 0 Å². The third-order valence-electron chi connectivity index (χ3n) is 4.46. The number of methoxy groups -OCH3 is 1. The first kappa shape index (κ1) is 21.1. The summed E-state index contributed by atoms with van der Waals surface area (Å²) in [5.74, 6) is 1.21. The molecule has 0 unspecified atom stereocenters. The number of nitrogens with one attached hydrogen (secondary N) is 1. The molecule has 3 aromatic rings. The van der Waals surface area contributed by atoms with Gasteiger partial charge in [-0.3, -0.25) is 4.79 Å². The van der Waals surface area contributed by atoms with E-state index >= 15 is 0 Å². The Hall–Kier alpha value is -2.10. The maximum absolute atomic E-state index is 13.3. The number of aromatic nitrogens is 2. The number of amides is 1. The first-order valence-corrected chi connectivity index (χ1v) is 12.1. The maximum Gasteiger partial charge on any atom is 0.238 e. The smallest absolute Gasteiger partial charge is 0.238 e. The number of halogens is 1. The van der Waals surface area contributed by atoms with Gasteiger partial charge in [0.2, 0.25) is 5.91 Å². The van der Waals surface area contributed by atoms with Gasteiger partial charge < -0.3 is 10.1 Å². The van der Waals surface area contributed by atoms with Crippen LogP contribution >= 0.6 is 34.9 Å². The van der Waals surface area contributed by atoms with Crippen molar-refractivity contribution in [1.82, 2.24) is 15.5 Å². The van der Waals surface area contributed by atoms with Gasteiger partial charge in [-0.05, 0) is 48.2 Å². The third kappa shape index (κ3) is 5.74. The van der Waals surface area contributed by atoms with E-state index in [0.29, 0.717) is 4.34 Å². The third-order valence-corrected chi connectivity index (χ3v) is 7.93.